The molecule has 0 heterocycles. The van der Waals surface area contributed by atoms with Gasteiger partial charge in [-0.15, -0.1) is 0 Å². The second-order valence-electron chi connectivity index (χ2n) is 23.9. The lowest BCUT2D eigenvalue weighted by Crippen LogP contribution is -2.28. The lowest BCUT2D eigenvalue weighted by molar-refractivity contribution is -0.161. The van der Waals surface area contributed by atoms with Crippen molar-refractivity contribution >= 4 is 11.9 Å². The average Bonchev–Trinajstić information content (AvgIpc) is 3.54. The number of rotatable bonds is 66. The first kappa shape index (κ1) is 81.8. The van der Waals surface area contributed by atoms with Crippen molar-refractivity contribution in [3.05, 3.63) is 146 Å². The van der Waals surface area contributed by atoms with E-state index in [1.165, 1.54) is 199 Å². The van der Waals surface area contributed by atoms with Crippen LogP contribution >= 0.6 is 0 Å². The first-order valence-electron chi connectivity index (χ1n) is 36.4. The highest BCUT2D eigenvalue weighted by Gasteiger charge is 2.16. The van der Waals surface area contributed by atoms with Gasteiger partial charge in [-0.2, -0.15) is 0 Å². The van der Waals surface area contributed by atoms with Gasteiger partial charge in [0.1, 0.15) is 6.61 Å². The number of allylic oxidation sites excluding steroid dienone is 24. The lowest BCUT2D eigenvalue weighted by Gasteiger charge is -2.15. The second-order valence-corrected chi connectivity index (χ2v) is 23.9. The molecule has 0 bridgehead atoms. The van der Waals surface area contributed by atoms with Crippen LogP contribution in [0.5, 0.6) is 0 Å². The van der Waals surface area contributed by atoms with Crippen LogP contribution < -0.4 is 0 Å². The molecular formula is C81H136O5. The third-order valence-electron chi connectivity index (χ3n) is 15.6. The van der Waals surface area contributed by atoms with E-state index in [1.54, 1.807) is 0 Å². The first-order chi connectivity index (χ1) is 42.6. The zero-order chi connectivity index (χ0) is 61.9. The molecule has 0 fully saturated rings. The maximum Gasteiger partial charge on any atom is 0.306 e. The summed E-state index contributed by atoms with van der Waals surface area (Å²) in [6, 6.07) is 0. The Morgan fingerprint density at radius 1 is 0.279 bits per heavy atom. The minimum atomic E-state index is -0.782. The van der Waals surface area contributed by atoms with Gasteiger partial charge in [0.05, 0.1) is 6.61 Å². The molecule has 1 atom stereocenters. The average molecular weight is 1190 g/mol. The number of carbonyl (C=O) groups is 2. The van der Waals surface area contributed by atoms with E-state index in [2.05, 4.69) is 160 Å². The van der Waals surface area contributed by atoms with E-state index in [1.807, 2.05) is 0 Å². The van der Waals surface area contributed by atoms with Gasteiger partial charge in [-0.25, -0.2) is 0 Å². The third kappa shape index (κ3) is 72.3. The molecule has 5 nitrogen and oxygen atoms in total. The van der Waals surface area contributed by atoms with Crippen LogP contribution in [0.25, 0.3) is 0 Å². The maximum atomic E-state index is 12.4. The monoisotopic (exact) mass is 1190 g/mol. The number of esters is 2. The van der Waals surface area contributed by atoms with Crippen molar-refractivity contribution < 1.29 is 24.2 Å². The van der Waals surface area contributed by atoms with Crippen LogP contribution in [-0.4, -0.2) is 36.4 Å². The van der Waals surface area contributed by atoms with Gasteiger partial charge in [-0.3, -0.25) is 9.59 Å². The summed E-state index contributed by atoms with van der Waals surface area (Å²) in [5.41, 5.74) is 0. The molecule has 0 saturated heterocycles. The number of hydrogen-bond acceptors (Lipinski definition) is 5. The van der Waals surface area contributed by atoms with Crippen molar-refractivity contribution in [1.82, 2.24) is 0 Å². The molecule has 0 spiro atoms. The number of aliphatic hydroxyl groups excluding tert-OH is 1. The summed E-state index contributed by atoms with van der Waals surface area (Å²) in [5, 5.41) is 9.71. The molecular weight excluding hydrogens is 1050 g/mol. The molecule has 0 rings (SSSR count). The number of unbranched alkanes of at least 4 members (excludes halogenated alkanes) is 34. The molecule has 0 amide bonds. The lowest BCUT2D eigenvalue weighted by atomic mass is 10.0. The first-order valence-corrected chi connectivity index (χ1v) is 36.4. The van der Waals surface area contributed by atoms with Crippen molar-refractivity contribution in [2.24, 2.45) is 0 Å². The zero-order valence-corrected chi connectivity index (χ0v) is 56.3. The van der Waals surface area contributed by atoms with Gasteiger partial charge in [-0.05, 0) is 122 Å². The largest absolute Gasteiger partial charge is 0.462 e. The van der Waals surface area contributed by atoms with E-state index in [-0.39, 0.29) is 25.2 Å². The number of ether oxygens (including phenoxy) is 2. The fourth-order valence-corrected chi connectivity index (χ4v) is 10.2. The van der Waals surface area contributed by atoms with E-state index in [0.717, 1.165) is 109 Å². The Hall–Kier alpha value is -4.22. The second kappa shape index (κ2) is 75.0. The van der Waals surface area contributed by atoms with Crippen LogP contribution in [0.4, 0.5) is 0 Å². The van der Waals surface area contributed by atoms with Crippen LogP contribution in [0.2, 0.25) is 0 Å². The van der Waals surface area contributed by atoms with Crippen molar-refractivity contribution in [1.29, 1.82) is 0 Å². The topological polar surface area (TPSA) is 72.8 Å². The molecule has 86 heavy (non-hydrogen) atoms. The van der Waals surface area contributed by atoms with Crippen molar-refractivity contribution in [3.8, 4) is 0 Å². The number of hydrogen-bond donors (Lipinski definition) is 1. The zero-order valence-electron chi connectivity index (χ0n) is 56.3. The quantitative estimate of drug-likeness (QED) is 0.0373. The van der Waals surface area contributed by atoms with E-state index in [9.17, 15) is 14.7 Å². The Morgan fingerprint density at radius 3 is 0.756 bits per heavy atom. The summed E-state index contributed by atoms with van der Waals surface area (Å²) in [7, 11) is 0. The van der Waals surface area contributed by atoms with Gasteiger partial charge in [0.15, 0.2) is 6.10 Å². The Morgan fingerprint density at radius 2 is 0.500 bits per heavy atom. The molecule has 0 aliphatic heterocycles. The number of aliphatic hydroxyl groups is 1. The van der Waals surface area contributed by atoms with Crippen molar-refractivity contribution in [2.75, 3.05) is 13.2 Å². The Kier molecular flexibility index (Phi) is 71.3. The third-order valence-corrected chi connectivity index (χ3v) is 15.6. The summed E-state index contributed by atoms with van der Waals surface area (Å²) < 4.78 is 10.8. The Labute approximate surface area is 533 Å². The highest BCUT2D eigenvalue weighted by atomic mass is 16.6. The van der Waals surface area contributed by atoms with Crippen LogP contribution in [0.1, 0.15) is 335 Å². The molecule has 0 saturated carbocycles. The molecule has 0 aromatic rings. The molecule has 0 aliphatic carbocycles. The molecule has 5 heteroatoms. The summed E-state index contributed by atoms with van der Waals surface area (Å²) >= 11 is 0. The fourth-order valence-electron chi connectivity index (χ4n) is 10.2. The van der Waals surface area contributed by atoms with E-state index < -0.39 is 6.10 Å². The standard InChI is InChI=1S/C81H136O5/c1-3-5-7-9-11-13-15-17-19-21-23-25-27-29-31-33-35-36-37-38-39-40-41-42-43-44-46-48-50-52-54-56-58-60-62-64-66-68-70-72-74-76-81(84)86-79(77-82)78-85-80(83)75-73-71-69-67-65-63-61-59-57-55-53-51-49-47-45-34-32-30-28-26-24-22-20-18-16-14-12-10-8-6-4-2/h5,7,11,13,16-19,22-25,28-31,35-36,38-39,41-42,44,46,79,82H,3-4,6,8-10,12,14-15,20-21,26-27,32-34,37,40,43,45,47-78H2,1-2H3/b7-5-,13-11-,18-16-,19-17-,24-22-,25-23-,30-28-,31-29-,36-35-,39-38-,42-41-,46-44-. The summed E-state index contributed by atoms with van der Waals surface area (Å²) in [6.07, 6.45) is 113. The molecule has 0 aliphatic rings. The smallest absolute Gasteiger partial charge is 0.306 e. The predicted octanol–water partition coefficient (Wildman–Crippen LogP) is 25.7. The van der Waals surface area contributed by atoms with E-state index >= 15 is 0 Å². The van der Waals surface area contributed by atoms with Crippen molar-refractivity contribution in [2.45, 2.75) is 341 Å². The van der Waals surface area contributed by atoms with Crippen LogP contribution in [0, 0.1) is 0 Å². The van der Waals surface area contributed by atoms with Gasteiger partial charge in [0.2, 0.25) is 0 Å². The van der Waals surface area contributed by atoms with E-state index in [4.69, 9.17) is 9.47 Å². The minimum Gasteiger partial charge on any atom is -0.462 e. The molecule has 490 valence electrons. The van der Waals surface area contributed by atoms with Crippen molar-refractivity contribution in [3.63, 3.8) is 0 Å². The highest BCUT2D eigenvalue weighted by molar-refractivity contribution is 5.70. The normalized spacial score (nSPS) is 13.1. The molecule has 1 unspecified atom stereocenters. The highest BCUT2D eigenvalue weighted by Crippen LogP contribution is 2.17. The van der Waals surface area contributed by atoms with Crippen LogP contribution in [-0.2, 0) is 19.1 Å². The Bertz CT molecular complexity index is 1780. The van der Waals surface area contributed by atoms with Gasteiger partial charge in [0, 0.05) is 12.8 Å². The van der Waals surface area contributed by atoms with Gasteiger partial charge >= 0.3 is 11.9 Å². The minimum absolute atomic E-state index is 0.0701. The fraction of sp³-hybridized carbons (Fsp3) is 0.679. The maximum absolute atomic E-state index is 12.4. The van der Waals surface area contributed by atoms with Crippen LogP contribution in [0.15, 0.2) is 146 Å². The summed E-state index contributed by atoms with van der Waals surface area (Å²) in [4.78, 5) is 24.7. The van der Waals surface area contributed by atoms with Crippen LogP contribution in [0.3, 0.4) is 0 Å². The van der Waals surface area contributed by atoms with Gasteiger partial charge in [0.25, 0.3) is 0 Å². The summed E-state index contributed by atoms with van der Waals surface area (Å²) in [5.74, 6) is -0.587. The van der Waals surface area contributed by atoms with Gasteiger partial charge in [-0.1, -0.05) is 346 Å². The Balaban J connectivity index is 3.51. The molecule has 1 N–H and O–H groups in total. The van der Waals surface area contributed by atoms with Gasteiger partial charge < -0.3 is 14.6 Å². The molecule has 0 aromatic carbocycles. The molecule has 0 aromatic heterocycles. The molecule has 0 radical (unpaired) electrons. The summed E-state index contributed by atoms with van der Waals surface area (Å²) in [6.45, 7) is 4.04. The number of carbonyl (C=O) groups excluding carboxylic acids is 2. The van der Waals surface area contributed by atoms with E-state index in [0.29, 0.717) is 12.8 Å². The predicted molar refractivity (Wildman–Crippen MR) is 380 cm³/mol. The SMILES string of the molecule is CC/C=C\C/C=C\C/C=C\C/C=C\C/C=C\C/C=C\C/C=C\C/C=C\C/C=C\CCCCCCCCCCCCCCCC(=O)OC(CO)COC(=O)CCCCCCCCCCCCCCCCCC/C=C\C/C=C\C/C=C\CCCCCCC.